The Morgan fingerprint density at radius 2 is 1.92 bits per heavy atom. The van der Waals surface area contributed by atoms with E-state index < -0.39 is 0 Å². The highest BCUT2D eigenvalue weighted by Gasteiger charge is 2.28. The fourth-order valence-electron chi connectivity index (χ4n) is 3.44. The van der Waals surface area contributed by atoms with Crippen LogP contribution < -0.4 is 5.56 Å². The Bertz CT molecular complexity index is 943. The van der Waals surface area contributed by atoms with Crippen LogP contribution in [0.1, 0.15) is 32.3 Å². The highest BCUT2D eigenvalue weighted by molar-refractivity contribution is 5.74. The summed E-state index contributed by atoms with van der Waals surface area (Å²) in [6, 6.07) is 11.6. The maximum Gasteiger partial charge on any atom is 0.266 e. The van der Waals surface area contributed by atoms with Gasteiger partial charge in [0.05, 0.1) is 29.8 Å². The van der Waals surface area contributed by atoms with E-state index in [2.05, 4.69) is 40.7 Å². The van der Waals surface area contributed by atoms with E-state index >= 15 is 0 Å². The van der Waals surface area contributed by atoms with Crippen LogP contribution in [0, 0.1) is 5.92 Å². The van der Waals surface area contributed by atoms with Crippen molar-refractivity contribution in [2.75, 3.05) is 13.1 Å². The summed E-state index contributed by atoms with van der Waals surface area (Å²) >= 11 is 0. The summed E-state index contributed by atoms with van der Waals surface area (Å²) in [6.45, 7) is 9.76. The fraction of sp³-hybridized carbons (Fsp3) is 0.450. The lowest BCUT2D eigenvalue weighted by molar-refractivity contribution is 0.0741. The zero-order chi connectivity index (χ0) is 18.3. The Kier molecular flexibility index (Phi) is 4.15. The zero-order valence-electron chi connectivity index (χ0n) is 15.6. The third kappa shape index (κ3) is 3.42. The number of benzene rings is 1. The second-order valence-electron chi connectivity index (χ2n) is 8.25. The third-order valence-electron chi connectivity index (χ3n) is 4.91. The van der Waals surface area contributed by atoms with Crippen LogP contribution in [0.5, 0.6) is 0 Å². The standard InChI is InChI=1S/C20H25N5O/c1-20(2,3)17-8-9-19(26)25(23-17)12-14-10-24(11-14)13-18-21-15-6-4-5-7-16(15)22-18/h4-9,14H,10-13H2,1-3H3,(H,21,22). The third-order valence-corrected chi connectivity index (χ3v) is 4.91. The van der Waals surface area contributed by atoms with Crippen molar-refractivity contribution in [3.63, 3.8) is 0 Å². The molecular weight excluding hydrogens is 326 g/mol. The van der Waals surface area contributed by atoms with Crippen LogP contribution in [0.25, 0.3) is 11.0 Å². The molecule has 1 N–H and O–H groups in total. The number of fused-ring (bicyclic) bond motifs is 1. The number of nitrogens with zero attached hydrogens (tertiary/aromatic N) is 4. The number of nitrogens with one attached hydrogen (secondary N) is 1. The number of hydrogen-bond acceptors (Lipinski definition) is 4. The van der Waals surface area contributed by atoms with Gasteiger partial charge in [0.25, 0.3) is 5.56 Å². The molecule has 1 aliphatic heterocycles. The molecule has 3 aromatic rings. The van der Waals surface area contributed by atoms with E-state index in [9.17, 15) is 4.79 Å². The van der Waals surface area contributed by atoms with Crippen molar-refractivity contribution in [3.8, 4) is 0 Å². The Labute approximate surface area is 152 Å². The van der Waals surface area contributed by atoms with Crippen LogP contribution in [0.15, 0.2) is 41.2 Å². The topological polar surface area (TPSA) is 66.8 Å². The van der Waals surface area contributed by atoms with Gasteiger partial charge < -0.3 is 4.98 Å². The van der Waals surface area contributed by atoms with Crippen molar-refractivity contribution in [1.29, 1.82) is 0 Å². The molecule has 1 fully saturated rings. The van der Waals surface area contributed by atoms with Gasteiger partial charge in [-0.3, -0.25) is 9.69 Å². The van der Waals surface area contributed by atoms with E-state index in [1.54, 1.807) is 10.7 Å². The molecule has 136 valence electrons. The minimum Gasteiger partial charge on any atom is -0.341 e. The number of likely N-dealkylation sites (tertiary alicyclic amines) is 1. The molecule has 0 saturated carbocycles. The van der Waals surface area contributed by atoms with Crippen LogP contribution >= 0.6 is 0 Å². The van der Waals surface area contributed by atoms with E-state index in [0.717, 1.165) is 42.2 Å². The van der Waals surface area contributed by atoms with Crippen molar-refractivity contribution >= 4 is 11.0 Å². The van der Waals surface area contributed by atoms with E-state index in [1.165, 1.54) is 0 Å². The van der Waals surface area contributed by atoms with E-state index in [0.29, 0.717) is 12.5 Å². The SMILES string of the molecule is CC(C)(C)c1ccc(=O)n(CC2CN(Cc3nc4ccccc4[nH]3)C2)n1. The molecular formula is C20H25N5O. The van der Waals surface area contributed by atoms with Crippen LogP contribution in [-0.2, 0) is 18.5 Å². The fourth-order valence-corrected chi connectivity index (χ4v) is 3.44. The Hall–Kier alpha value is -2.47. The average Bonchev–Trinajstić information content (AvgIpc) is 2.96. The summed E-state index contributed by atoms with van der Waals surface area (Å²) in [5.41, 5.74) is 2.97. The van der Waals surface area contributed by atoms with Gasteiger partial charge in [-0.25, -0.2) is 9.67 Å². The summed E-state index contributed by atoms with van der Waals surface area (Å²) < 4.78 is 1.63. The van der Waals surface area contributed by atoms with Gasteiger partial charge in [-0.05, 0) is 18.2 Å². The number of rotatable bonds is 4. The van der Waals surface area contributed by atoms with Gasteiger partial charge in [-0.1, -0.05) is 32.9 Å². The van der Waals surface area contributed by atoms with Gasteiger partial charge in [0.15, 0.2) is 0 Å². The number of para-hydroxylation sites is 2. The van der Waals surface area contributed by atoms with Crippen LogP contribution in [0.4, 0.5) is 0 Å². The lowest BCUT2D eigenvalue weighted by Crippen LogP contribution is -2.49. The molecule has 3 heterocycles. The number of aromatic nitrogens is 4. The smallest absolute Gasteiger partial charge is 0.266 e. The molecule has 6 heteroatoms. The first-order valence-corrected chi connectivity index (χ1v) is 9.13. The molecule has 0 aliphatic carbocycles. The molecule has 1 aromatic carbocycles. The van der Waals surface area contributed by atoms with Crippen LogP contribution in [-0.4, -0.2) is 37.7 Å². The minimum atomic E-state index is -0.0532. The molecule has 0 radical (unpaired) electrons. The van der Waals surface area contributed by atoms with E-state index in [1.807, 2.05) is 30.3 Å². The molecule has 6 nitrogen and oxygen atoms in total. The van der Waals surface area contributed by atoms with E-state index in [4.69, 9.17) is 0 Å². The van der Waals surface area contributed by atoms with Gasteiger partial charge >= 0.3 is 0 Å². The molecule has 1 aliphatic rings. The number of aromatic amines is 1. The van der Waals surface area contributed by atoms with Crippen molar-refractivity contribution in [2.45, 2.75) is 39.3 Å². The highest BCUT2D eigenvalue weighted by Crippen LogP contribution is 2.21. The average molecular weight is 351 g/mol. The molecule has 1 saturated heterocycles. The summed E-state index contributed by atoms with van der Waals surface area (Å²) in [6.07, 6.45) is 0. The number of imidazole rings is 1. The monoisotopic (exact) mass is 351 g/mol. The predicted octanol–water partition coefficient (Wildman–Crippen LogP) is 2.55. The largest absolute Gasteiger partial charge is 0.341 e. The Morgan fingerprint density at radius 1 is 1.15 bits per heavy atom. The normalized spacial score (nSPS) is 16.1. The van der Waals surface area contributed by atoms with Crippen molar-refractivity contribution in [1.82, 2.24) is 24.6 Å². The molecule has 0 unspecified atom stereocenters. The second kappa shape index (κ2) is 6.36. The van der Waals surface area contributed by atoms with E-state index in [-0.39, 0.29) is 11.0 Å². The molecule has 4 rings (SSSR count). The van der Waals surface area contributed by atoms with Crippen molar-refractivity contribution in [2.24, 2.45) is 5.92 Å². The van der Waals surface area contributed by atoms with Crippen molar-refractivity contribution < 1.29 is 0 Å². The number of H-pyrrole nitrogens is 1. The van der Waals surface area contributed by atoms with Gasteiger partial charge in [0.2, 0.25) is 0 Å². The first-order chi connectivity index (χ1) is 12.4. The zero-order valence-corrected chi connectivity index (χ0v) is 15.6. The molecule has 0 atom stereocenters. The predicted molar refractivity (Wildman–Crippen MR) is 102 cm³/mol. The van der Waals surface area contributed by atoms with Crippen molar-refractivity contribution in [3.05, 3.63) is 58.3 Å². The maximum atomic E-state index is 12.1. The minimum absolute atomic E-state index is 0.0197. The van der Waals surface area contributed by atoms with Gasteiger partial charge in [-0.15, -0.1) is 0 Å². The molecule has 26 heavy (non-hydrogen) atoms. The Balaban J connectivity index is 1.37. The Morgan fingerprint density at radius 3 is 2.65 bits per heavy atom. The second-order valence-corrected chi connectivity index (χ2v) is 8.25. The maximum absolute atomic E-state index is 12.1. The lowest BCUT2D eigenvalue weighted by atomic mass is 9.92. The van der Waals surface area contributed by atoms with Gasteiger partial charge in [-0.2, -0.15) is 5.10 Å². The molecule has 0 amide bonds. The first-order valence-electron chi connectivity index (χ1n) is 9.13. The quantitative estimate of drug-likeness (QED) is 0.784. The molecule has 0 bridgehead atoms. The molecule has 2 aromatic heterocycles. The summed E-state index contributed by atoms with van der Waals surface area (Å²) in [7, 11) is 0. The first kappa shape index (κ1) is 17.0. The summed E-state index contributed by atoms with van der Waals surface area (Å²) in [5, 5.41) is 4.57. The van der Waals surface area contributed by atoms with Gasteiger partial charge in [0.1, 0.15) is 5.82 Å². The lowest BCUT2D eigenvalue weighted by Gasteiger charge is -2.38. The summed E-state index contributed by atoms with van der Waals surface area (Å²) in [4.78, 5) is 22.5. The van der Waals surface area contributed by atoms with Crippen LogP contribution in [0.2, 0.25) is 0 Å². The number of hydrogen-bond donors (Lipinski definition) is 1. The highest BCUT2D eigenvalue weighted by atomic mass is 16.1. The molecule has 0 spiro atoms. The van der Waals surface area contributed by atoms with Crippen LogP contribution in [0.3, 0.4) is 0 Å². The summed E-state index contributed by atoms with van der Waals surface area (Å²) in [5.74, 6) is 1.45. The van der Waals surface area contributed by atoms with Gasteiger partial charge in [0, 0.05) is 30.5 Å².